The molecule has 4 rings (SSSR count). The molecule has 3 aromatic rings. The average Bonchev–Trinajstić information content (AvgIpc) is 3.10. The van der Waals surface area contributed by atoms with E-state index < -0.39 is 0 Å². The van der Waals surface area contributed by atoms with Gasteiger partial charge in [0.25, 0.3) is 5.91 Å². The smallest absolute Gasteiger partial charge is 0.272 e. The van der Waals surface area contributed by atoms with E-state index in [4.69, 9.17) is 11.6 Å². The average molecular weight is 525 g/mol. The lowest BCUT2D eigenvalue weighted by molar-refractivity contribution is 0.0737. The molecule has 0 spiro atoms. The van der Waals surface area contributed by atoms with Gasteiger partial charge < -0.3 is 9.80 Å². The third-order valence-corrected chi connectivity index (χ3v) is 5.86. The highest BCUT2D eigenvalue weighted by Crippen LogP contribution is 2.23. The number of piperazine rings is 1. The molecule has 144 valence electrons. The van der Waals surface area contributed by atoms with E-state index in [0.29, 0.717) is 23.4 Å². The van der Waals surface area contributed by atoms with E-state index in [1.807, 2.05) is 53.4 Å². The second-order valence-corrected chi connectivity index (χ2v) is 8.66. The van der Waals surface area contributed by atoms with Crippen molar-refractivity contribution >= 4 is 55.1 Å². The Bertz CT molecular complexity index is 998. The van der Waals surface area contributed by atoms with Crippen LogP contribution in [-0.4, -0.2) is 46.8 Å². The number of amides is 1. The Morgan fingerprint density at radius 1 is 0.929 bits per heavy atom. The SMILES string of the molecule is O=C(c1cc(Br)nn1-c1ccc(Br)cc1)N1CCN(c2cccc(Cl)c2)CC1. The van der Waals surface area contributed by atoms with E-state index >= 15 is 0 Å². The predicted molar refractivity (Wildman–Crippen MR) is 119 cm³/mol. The molecule has 1 amide bonds. The lowest BCUT2D eigenvalue weighted by Crippen LogP contribution is -2.49. The summed E-state index contributed by atoms with van der Waals surface area (Å²) in [5.74, 6) is -0.0214. The highest BCUT2D eigenvalue weighted by molar-refractivity contribution is 9.10. The Morgan fingerprint density at radius 3 is 2.32 bits per heavy atom. The lowest BCUT2D eigenvalue weighted by Gasteiger charge is -2.36. The summed E-state index contributed by atoms with van der Waals surface area (Å²) >= 11 is 12.9. The third kappa shape index (κ3) is 4.11. The van der Waals surface area contributed by atoms with Gasteiger partial charge in [0, 0.05) is 47.4 Å². The van der Waals surface area contributed by atoms with E-state index in [-0.39, 0.29) is 5.91 Å². The van der Waals surface area contributed by atoms with Gasteiger partial charge in [0.15, 0.2) is 0 Å². The Morgan fingerprint density at radius 2 is 1.64 bits per heavy atom. The first-order valence-electron chi connectivity index (χ1n) is 8.82. The van der Waals surface area contributed by atoms with Crippen LogP contribution in [0.5, 0.6) is 0 Å². The molecule has 28 heavy (non-hydrogen) atoms. The molecular formula is C20H17Br2ClN4O. The maximum absolute atomic E-state index is 13.2. The van der Waals surface area contributed by atoms with Crippen LogP contribution in [0.3, 0.4) is 0 Å². The monoisotopic (exact) mass is 522 g/mol. The lowest BCUT2D eigenvalue weighted by atomic mass is 10.2. The number of nitrogens with zero attached hydrogens (tertiary/aromatic N) is 4. The molecule has 0 atom stereocenters. The number of rotatable bonds is 3. The van der Waals surface area contributed by atoms with Crippen molar-refractivity contribution in [1.82, 2.24) is 14.7 Å². The zero-order valence-corrected chi connectivity index (χ0v) is 18.8. The van der Waals surface area contributed by atoms with E-state index in [9.17, 15) is 4.79 Å². The molecule has 0 aliphatic carbocycles. The number of anilines is 1. The van der Waals surface area contributed by atoms with Gasteiger partial charge >= 0.3 is 0 Å². The molecule has 1 fully saturated rings. The maximum Gasteiger partial charge on any atom is 0.272 e. The van der Waals surface area contributed by atoms with Crippen LogP contribution in [0.15, 0.2) is 63.7 Å². The minimum Gasteiger partial charge on any atom is -0.368 e. The van der Waals surface area contributed by atoms with Gasteiger partial charge in [-0.05, 0) is 58.4 Å². The first-order chi connectivity index (χ1) is 13.5. The van der Waals surface area contributed by atoms with E-state index in [1.54, 1.807) is 10.7 Å². The van der Waals surface area contributed by atoms with Crippen LogP contribution >= 0.6 is 43.5 Å². The van der Waals surface area contributed by atoms with Crippen LogP contribution < -0.4 is 4.90 Å². The second kappa shape index (κ2) is 8.27. The predicted octanol–water partition coefficient (Wildman–Crippen LogP) is 5.01. The zero-order valence-electron chi connectivity index (χ0n) is 14.9. The second-order valence-electron chi connectivity index (χ2n) is 6.50. The number of carbonyl (C=O) groups is 1. The maximum atomic E-state index is 13.2. The van der Waals surface area contributed by atoms with Gasteiger partial charge in [0.2, 0.25) is 0 Å². The van der Waals surface area contributed by atoms with Crippen molar-refractivity contribution in [3.05, 3.63) is 74.4 Å². The summed E-state index contributed by atoms with van der Waals surface area (Å²) in [4.78, 5) is 17.3. The van der Waals surface area contributed by atoms with Gasteiger partial charge in [-0.3, -0.25) is 4.79 Å². The molecule has 2 heterocycles. The van der Waals surface area contributed by atoms with Crippen LogP contribution in [0, 0.1) is 0 Å². The fourth-order valence-electron chi connectivity index (χ4n) is 3.29. The van der Waals surface area contributed by atoms with Crippen molar-refractivity contribution in [3.8, 4) is 5.69 Å². The number of hydrogen-bond acceptors (Lipinski definition) is 3. The fraction of sp³-hybridized carbons (Fsp3) is 0.200. The van der Waals surface area contributed by atoms with Gasteiger partial charge in [-0.15, -0.1) is 0 Å². The first kappa shape index (κ1) is 19.5. The Balaban J connectivity index is 1.51. The molecule has 0 saturated carbocycles. The summed E-state index contributed by atoms with van der Waals surface area (Å²) < 4.78 is 3.30. The fourth-order valence-corrected chi connectivity index (χ4v) is 4.11. The van der Waals surface area contributed by atoms with Crippen LogP contribution in [0.4, 0.5) is 5.69 Å². The summed E-state index contributed by atoms with van der Waals surface area (Å²) in [6, 6.07) is 17.3. The Kier molecular flexibility index (Phi) is 5.75. The Hall–Kier alpha value is -1.83. The quantitative estimate of drug-likeness (QED) is 0.484. The molecule has 0 radical (unpaired) electrons. The molecule has 2 aromatic carbocycles. The molecule has 1 aliphatic heterocycles. The molecule has 0 N–H and O–H groups in total. The number of aromatic nitrogens is 2. The molecular weight excluding hydrogens is 508 g/mol. The topological polar surface area (TPSA) is 41.4 Å². The van der Waals surface area contributed by atoms with E-state index in [1.165, 1.54) is 0 Å². The highest BCUT2D eigenvalue weighted by atomic mass is 79.9. The largest absolute Gasteiger partial charge is 0.368 e. The van der Waals surface area contributed by atoms with Gasteiger partial charge in [-0.2, -0.15) is 5.10 Å². The third-order valence-electron chi connectivity index (χ3n) is 4.71. The summed E-state index contributed by atoms with van der Waals surface area (Å²) in [5.41, 5.74) is 2.47. The minimum absolute atomic E-state index is 0.0214. The molecule has 8 heteroatoms. The van der Waals surface area contributed by atoms with Gasteiger partial charge in [-0.1, -0.05) is 33.6 Å². The molecule has 5 nitrogen and oxygen atoms in total. The molecule has 0 unspecified atom stereocenters. The minimum atomic E-state index is -0.0214. The number of carbonyl (C=O) groups excluding carboxylic acids is 1. The molecule has 1 saturated heterocycles. The van der Waals surface area contributed by atoms with Gasteiger partial charge in [-0.25, -0.2) is 4.68 Å². The molecule has 0 bridgehead atoms. The van der Waals surface area contributed by atoms with E-state index in [0.717, 1.165) is 34.0 Å². The zero-order chi connectivity index (χ0) is 19.7. The van der Waals surface area contributed by atoms with Gasteiger partial charge in [0.05, 0.1) is 5.69 Å². The number of halogens is 3. The van der Waals surface area contributed by atoms with Crippen LogP contribution in [0.1, 0.15) is 10.5 Å². The van der Waals surface area contributed by atoms with Crippen molar-refractivity contribution in [2.75, 3.05) is 31.1 Å². The van der Waals surface area contributed by atoms with Crippen LogP contribution in [-0.2, 0) is 0 Å². The van der Waals surface area contributed by atoms with Crippen LogP contribution in [0.25, 0.3) is 5.69 Å². The summed E-state index contributed by atoms with van der Waals surface area (Å²) in [7, 11) is 0. The summed E-state index contributed by atoms with van der Waals surface area (Å²) in [6.45, 7) is 2.82. The number of hydrogen-bond donors (Lipinski definition) is 0. The van der Waals surface area contributed by atoms with Crippen molar-refractivity contribution in [2.24, 2.45) is 0 Å². The highest BCUT2D eigenvalue weighted by Gasteiger charge is 2.26. The van der Waals surface area contributed by atoms with Crippen molar-refractivity contribution in [2.45, 2.75) is 0 Å². The van der Waals surface area contributed by atoms with Crippen molar-refractivity contribution in [3.63, 3.8) is 0 Å². The standard InChI is InChI=1S/C20H17Br2ClN4O/c21-14-4-6-16(7-5-14)27-18(13-19(22)24-27)20(28)26-10-8-25(9-11-26)17-3-1-2-15(23)12-17/h1-7,12-13H,8-11H2. The molecule has 1 aromatic heterocycles. The van der Waals surface area contributed by atoms with E-state index in [2.05, 4.69) is 41.9 Å². The van der Waals surface area contributed by atoms with Crippen molar-refractivity contribution < 1.29 is 4.79 Å². The normalized spacial score (nSPS) is 14.4. The van der Waals surface area contributed by atoms with Gasteiger partial charge in [0.1, 0.15) is 10.3 Å². The first-order valence-corrected chi connectivity index (χ1v) is 10.8. The Labute approximate surface area is 185 Å². The number of benzene rings is 2. The molecule has 1 aliphatic rings. The van der Waals surface area contributed by atoms with Crippen molar-refractivity contribution in [1.29, 1.82) is 0 Å². The summed E-state index contributed by atoms with van der Waals surface area (Å²) in [6.07, 6.45) is 0. The summed E-state index contributed by atoms with van der Waals surface area (Å²) in [5, 5.41) is 5.17. The van der Waals surface area contributed by atoms with Crippen LogP contribution in [0.2, 0.25) is 5.02 Å².